The van der Waals surface area contributed by atoms with Gasteiger partial charge in [-0.3, -0.25) is 4.31 Å². The van der Waals surface area contributed by atoms with Crippen molar-refractivity contribution >= 4 is 15.7 Å². The van der Waals surface area contributed by atoms with E-state index in [2.05, 4.69) is 0 Å². The maximum absolute atomic E-state index is 13.5. The minimum atomic E-state index is -3.73. The maximum atomic E-state index is 13.5. The number of hydrogen-bond donors (Lipinski definition) is 0. The van der Waals surface area contributed by atoms with Gasteiger partial charge in [0.05, 0.1) is 10.6 Å². The molecular formula is C16H16FNO2S. The second kappa shape index (κ2) is 4.84. The Morgan fingerprint density at radius 2 is 1.86 bits per heavy atom. The molecule has 1 aliphatic rings. The summed E-state index contributed by atoms with van der Waals surface area (Å²) in [7, 11) is -3.73. The quantitative estimate of drug-likeness (QED) is 0.854. The van der Waals surface area contributed by atoms with Gasteiger partial charge in [0.2, 0.25) is 0 Å². The molecule has 0 amide bonds. The number of aryl methyl sites for hydroxylation is 2. The first-order chi connectivity index (χ1) is 9.91. The molecule has 2 aromatic rings. The van der Waals surface area contributed by atoms with Crippen LogP contribution in [0.2, 0.25) is 0 Å². The fourth-order valence-electron chi connectivity index (χ4n) is 2.82. The first kappa shape index (κ1) is 14.1. The van der Waals surface area contributed by atoms with Crippen molar-refractivity contribution in [2.75, 3.05) is 10.8 Å². The number of rotatable bonds is 2. The summed E-state index contributed by atoms with van der Waals surface area (Å²) in [4.78, 5) is 0.0404. The molecular weight excluding hydrogens is 289 g/mol. The van der Waals surface area contributed by atoms with E-state index in [4.69, 9.17) is 0 Å². The zero-order valence-electron chi connectivity index (χ0n) is 11.9. The molecule has 21 heavy (non-hydrogen) atoms. The topological polar surface area (TPSA) is 37.4 Å². The second-order valence-electron chi connectivity index (χ2n) is 5.32. The lowest BCUT2D eigenvalue weighted by molar-refractivity contribution is 0.586. The van der Waals surface area contributed by atoms with Gasteiger partial charge in [0.15, 0.2) is 0 Å². The lowest BCUT2D eigenvalue weighted by atomic mass is 10.1. The normalized spacial score (nSPS) is 14.3. The Labute approximate surface area is 124 Å². The van der Waals surface area contributed by atoms with Gasteiger partial charge >= 0.3 is 0 Å². The molecule has 110 valence electrons. The average Bonchev–Trinajstić information content (AvgIpc) is 2.87. The van der Waals surface area contributed by atoms with Crippen molar-refractivity contribution < 1.29 is 12.8 Å². The molecule has 0 spiro atoms. The highest BCUT2D eigenvalue weighted by atomic mass is 32.2. The Morgan fingerprint density at radius 3 is 2.62 bits per heavy atom. The van der Waals surface area contributed by atoms with Gasteiger partial charge in [-0.2, -0.15) is 0 Å². The number of anilines is 1. The van der Waals surface area contributed by atoms with Crippen molar-refractivity contribution in [3.63, 3.8) is 0 Å². The van der Waals surface area contributed by atoms with Crippen LogP contribution in [0.3, 0.4) is 0 Å². The zero-order valence-corrected chi connectivity index (χ0v) is 12.7. The van der Waals surface area contributed by atoms with Crippen molar-refractivity contribution in [3.05, 3.63) is 58.9 Å². The van der Waals surface area contributed by atoms with Crippen molar-refractivity contribution in [3.8, 4) is 0 Å². The third kappa shape index (κ3) is 2.21. The summed E-state index contributed by atoms with van der Waals surface area (Å²) in [6.07, 6.45) is 0.685. The molecule has 0 saturated carbocycles. The van der Waals surface area contributed by atoms with Crippen molar-refractivity contribution in [1.82, 2.24) is 0 Å². The molecule has 0 aromatic heterocycles. The van der Waals surface area contributed by atoms with Gasteiger partial charge in [-0.05, 0) is 49.1 Å². The van der Waals surface area contributed by atoms with Crippen LogP contribution in [-0.2, 0) is 16.4 Å². The standard InChI is InChI=1S/C16H16FNO2S/c1-11-6-7-14(17)10-15(11)21(19,20)18-9-8-13-5-3-4-12(2)16(13)18/h3-7,10H,8-9H2,1-2H3. The molecule has 3 rings (SSSR count). The van der Waals surface area contributed by atoms with Crippen LogP contribution < -0.4 is 4.31 Å². The highest BCUT2D eigenvalue weighted by molar-refractivity contribution is 7.93. The first-order valence-corrected chi connectivity index (χ1v) is 8.22. The lowest BCUT2D eigenvalue weighted by Gasteiger charge is -2.22. The van der Waals surface area contributed by atoms with E-state index in [1.54, 1.807) is 6.92 Å². The number of halogens is 1. The molecule has 1 aliphatic heterocycles. The summed E-state index contributed by atoms with van der Waals surface area (Å²) in [6, 6.07) is 9.63. The molecule has 0 fully saturated rings. The third-order valence-corrected chi connectivity index (χ3v) is 5.81. The van der Waals surface area contributed by atoms with Gasteiger partial charge in [-0.25, -0.2) is 12.8 Å². The van der Waals surface area contributed by atoms with E-state index in [9.17, 15) is 12.8 Å². The summed E-state index contributed by atoms with van der Waals surface area (Å²) < 4.78 is 40.6. The molecule has 0 saturated heterocycles. The van der Waals surface area contributed by atoms with Crippen LogP contribution in [0.15, 0.2) is 41.3 Å². The van der Waals surface area contributed by atoms with Crippen LogP contribution in [0, 0.1) is 19.7 Å². The van der Waals surface area contributed by atoms with Crippen LogP contribution in [0.5, 0.6) is 0 Å². The fraction of sp³-hybridized carbons (Fsp3) is 0.250. The van der Waals surface area contributed by atoms with E-state index in [0.29, 0.717) is 18.5 Å². The fourth-order valence-corrected chi connectivity index (χ4v) is 4.63. The molecule has 0 radical (unpaired) electrons. The Hall–Kier alpha value is -1.88. The van der Waals surface area contributed by atoms with E-state index >= 15 is 0 Å². The molecule has 0 N–H and O–H groups in total. The molecule has 5 heteroatoms. The molecule has 1 heterocycles. The van der Waals surface area contributed by atoms with Gasteiger partial charge in [-0.1, -0.05) is 24.3 Å². The number of benzene rings is 2. The van der Waals surface area contributed by atoms with Gasteiger partial charge in [0.25, 0.3) is 10.0 Å². The Bertz CT molecular complexity index is 815. The van der Waals surface area contributed by atoms with Gasteiger partial charge in [0, 0.05) is 6.54 Å². The van der Waals surface area contributed by atoms with Crippen LogP contribution in [0.4, 0.5) is 10.1 Å². The third-order valence-electron chi connectivity index (χ3n) is 3.87. The highest BCUT2D eigenvalue weighted by Crippen LogP contribution is 2.36. The van der Waals surface area contributed by atoms with Crippen LogP contribution in [0.1, 0.15) is 16.7 Å². The minimum absolute atomic E-state index is 0.0404. The number of fused-ring (bicyclic) bond motifs is 1. The first-order valence-electron chi connectivity index (χ1n) is 6.78. The van der Waals surface area contributed by atoms with Gasteiger partial charge < -0.3 is 0 Å². The van der Waals surface area contributed by atoms with Gasteiger partial charge in [0.1, 0.15) is 5.82 Å². The number of hydrogen-bond acceptors (Lipinski definition) is 2. The summed E-state index contributed by atoms with van der Waals surface area (Å²) in [5.74, 6) is -0.539. The Kier molecular flexibility index (Phi) is 3.24. The summed E-state index contributed by atoms with van der Waals surface area (Å²) in [5, 5.41) is 0. The largest absolute Gasteiger partial charge is 0.265 e. The molecule has 2 aromatic carbocycles. The van der Waals surface area contributed by atoms with E-state index in [0.717, 1.165) is 22.9 Å². The molecule has 3 nitrogen and oxygen atoms in total. The Balaban J connectivity index is 2.16. The predicted octanol–water partition coefficient (Wildman–Crippen LogP) is 3.19. The van der Waals surface area contributed by atoms with E-state index in [1.165, 1.54) is 16.4 Å². The minimum Gasteiger partial charge on any atom is -0.265 e. The average molecular weight is 305 g/mol. The maximum Gasteiger partial charge on any atom is 0.264 e. The van der Waals surface area contributed by atoms with Crippen LogP contribution >= 0.6 is 0 Å². The molecule has 0 bridgehead atoms. The monoisotopic (exact) mass is 305 g/mol. The summed E-state index contributed by atoms with van der Waals surface area (Å²) >= 11 is 0. The predicted molar refractivity (Wildman–Crippen MR) is 80.6 cm³/mol. The van der Waals surface area contributed by atoms with Gasteiger partial charge in [-0.15, -0.1) is 0 Å². The number of para-hydroxylation sites is 1. The number of sulfonamides is 1. The number of nitrogens with zero attached hydrogens (tertiary/aromatic N) is 1. The molecule has 0 aliphatic carbocycles. The van der Waals surface area contributed by atoms with Crippen molar-refractivity contribution in [2.24, 2.45) is 0 Å². The summed E-state index contributed by atoms with van der Waals surface area (Å²) in [6.45, 7) is 3.98. The SMILES string of the molecule is Cc1ccc(F)cc1S(=O)(=O)N1CCc2cccc(C)c21. The van der Waals surface area contributed by atoms with Crippen molar-refractivity contribution in [2.45, 2.75) is 25.2 Å². The van der Waals surface area contributed by atoms with Crippen molar-refractivity contribution in [1.29, 1.82) is 0 Å². The van der Waals surface area contributed by atoms with Crippen LogP contribution in [0.25, 0.3) is 0 Å². The Morgan fingerprint density at radius 1 is 1.10 bits per heavy atom. The highest BCUT2D eigenvalue weighted by Gasteiger charge is 2.33. The zero-order chi connectivity index (χ0) is 15.2. The van der Waals surface area contributed by atoms with E-state index in [-0.39, 0.29) is 4.90 Å². The second-order valence-corrected chi connectivity index (χ2v) is 7.15. The summed E-state index contributed by atoms with van der Waals surface area (Å²) in [5.41, 5.74) is 3.23. The van der Waals surface area contributed by atoms with Crippen LogP contribution in [-0.4, -0.2) is 15.0 Å². The molecule has 0 unspecified atom stereocenters. The van der Waals surface area contributed by atoms with E-state index < -0.39 is 15.8 Å². The molecule has 0 atom stereocenters. The lowest BCUT2D eigenvalue weighted by Crippen LogP contribution is -2.30. The smallest absolute Gasteiger partial charge is 0.264 e. The van der Waals surface area contributed by atoms with E-state index in [1.807, 2.05) is 25.1 Å².